The van der Waals surface area contributed by atoms with Crippen molar-refractivity contribution < 1.29 is 14.3 Å². The quantitative estimate of drug-likeness (QED) is 0.476. The largest absolute Gasteiger partial charge is 0.491 e. The number of rotatable bonds is 8. The summed E-state index contributed by atoms with van der Waals surface area (Å²) in [7, 11) is 0. The van der Waals surface area contributed by atoms with Gasteiger partial charge in [0.05, 0.1) is 10.9 Å². The standard InChI is InChI=1S/C25H26N2O3S2/c28-24(16-26(15-18-8-9-18)25(29)23-7-4-13-31-23)27-12-10-22-20(11-14-32-22)21(27)17-30-19-5-2-1-3-6-19/h1-7,11,13-14,18,21H,8-10,12,15-17H2. The molecule has 1 saturated carbocycles. The molecular weight excluding hydrogens is 440 g/mol. The first kappa shape index (κ1) is 21.2. The van der Waals surface area contributed by atoms with Gasteiger partial charge in [0.1, 0.15) is 18.9 Å². The Labute approximate surface area is 196 Å². The van der Waals surface area contributed by atoms with E-state index in [-0.39, 0.29) is 24.4 Å². The van der Waals surface area contributed by atoms with Gasteiger partial charge in [0.15, 0.2) is 0 Å². The van der Waals surface area contributed by atoms with Crippen molar-refractivity contribution in [3.05, 3.63) is 74.6 Å². The van der Waals surface area contributed by atoms with E-state index in [4.69, 9.17) is 4.74 Å². The van der Waals surface area contributed by atoms with Crippen LogP contribution in [0.15, 0.2) is 59.3 Å². The Kier molecular flexibility index (Phi) is 6.28. The van der Waals surface area contributed by atoms with Gasteiger partial charge in [0.25, 0.3) is 5.91 Å². The van der Waals surface area contributed by atoms with Crippen molar-refractivity contribution in [3.8, 4) is 5.75 Å². The van der Waals surface area contributed by atoms with Gasteiger partial charge in [-0.15, -0.1) is 22.7 Å². The third kappa shape index (κ3) is 4.74. The van der Waals surface area contributed by atoms with E-state index >= 15 is 0 Å². The van der Waals surface area contributed by atoms with E-state index in [1.54, 1.807) is 16.2 Å². The van der Waals surface area contributed by atoms with Gasteiger partial charge in [-0.3, -0.25) is 9.59 Å². The zero-order valence-electron chi connectivity index (χ0n) is 17.8. The van der Waals surface area contributed by atoms with Crippen molar-refractivity contribution in [2.45, 2.75) is 25.3 Å². The van der Waals surface area contributed by atoms with Crippen LogP contribution in [0.3, 0.4) is 0 Å². The number of para-hydroxylation sites is 1. The second-order valence-corrected chi connectivity index (χ2v) is 10.3. The summed E-state index contributed by atoms with van der Waals surface area (Å²) in [6.45, 7) is 1.83. The molecule has 3 heterocycles. The van der Waals surface area contributed by atoms with Crippen LogP contribution in [0.4, 0.5) is 0 Å². The van der Waals surface area contributed by atoms with E-state index in [2.05, 4.69) is 11.4 Å². The number of hydrogen-bond acceptors (Lipinski definition) is 5. The summed E-state index contributed by atoms with van der Waals surface area (Å²) in [4.78, 5) is 32.3. The average Bonchev–Trinajstić information content (AvgIpc) is 3.27. The summed E-state index contributed by atoms with van der Waals surface area (Å²) < 4.78 is 6.07. The fourth-order valence-electron chi connectivity index (χ4n) is 4.21. The molecule has 1 aliphatic carbocycles. The number of carbonyl (C=O) groups is 2. The van der Waals surface area contributed by atoms with Crippen LogP contribution in [0.1, 0.15) is 39.0 Å². The lowest BCUT2D eigenvalue weighted by Crippen LogP contribution is -2.48. The number of thiophene rings is 2. The molecule has 1 unspecified atom stereocenters. The summed E-state index contributed by atoms with van der Waals surface area (Å²) >= 11 is 3.17. The SMILES string of the molecule is O=C(c1cccs1)N(CC(=O)N1CCc2sccc2C1COc1ccccc1)CC1CC1. The number of benzene rings is 1. The summed E-state index contributed by atoms with van der Waals surface area (Å²) in [5, 5.41) is 4.00. The molecule has 166 valence electrons. The topological polar surface area (TPSA) is 49.9 Å². The highest BCUT2D eigenvalue weighted by atomic mass is 32.1. The van der Waals surface area contributed by atoms with E-state index < -0.39 is 0 Å². The Bertz CT molecular complexity index is 1060. The lowest BCUT2D eigenvalue weighted by Gasteiger charge is -2.37. The third-order valence-corrected chi connectivity index (χ3v) is 7.94. The lowest BCUT2D eigenvalue weighted by atomic mass is 10.0. The monoisotopic (exact) mass is 466 g/mol. The molecule has 1 fully saturated rings. The van der Waals surface area contributed by atoms with Crippen LogP contribution in [0.2, 0.25) is 0 Å². The fourth-order valence-corrected chi connectivity index (χ4v) is 5.83. The smallest absolute Gasteiger partial charge is 0.264 e. The highest BCUT2D eigenvalue weighted by molar-refractivity contribution is 7.12. The molecule has 3 aromatic rings. The van der Waals surface area contributed by atoms with E-state index in [1.807, 2.05) is 52.7 Å². The van der Waals surface area contributed by atoms with Gasteiger partial charge in [0, 0.05) is 18.0 Å². The average molecular weight is 467 g/mol. The van der Waals surface area contributed by atoms with Crippen LogP contribution in [0.25, 0.3) is 0 Å². The Balaban J connectivity index is 1.33. The maximum Gasteiger partial charge on any atom is 0.264 e. The predicted octanol–water partition coefficient (Wildman–Crippen LogP) is 4.87. The number of fused-ring (bicyclic) bond motifs is 1. The molecule has 0 bridgehead atoms. The molecule has 0 N–H and O–H groups in total. The van der Waals surface area contributed by atoms with Crippen LogP contribution in [-0.2, 0) is 11.2 Å². The fraction of sp³-hybridized carbons (Fsp3) is 0.360. The first-order valence-corrected chi connectivity index (χ1v) is 12.8. The molecule has 1 aliphatic heterocycles. The molecule has 1 aromatic carbocycles. The van der Waals surface area contributed by atoms with Crippen molar-refractivity contribution in [3.63, 3.8) is 0 Å². The number of hydrogen-bond donors (Lipinski definition) is 0. The number of ether oxygens (including phenoxy) is 1. The summed E-state index contributed by atoms with van der Waals surface area (Å²) in [5.41, 5.74) is 1.17. The predicted molar refractivity (Wildman–Crippen MR) is 127 cm³/mol. The van der Waals surface area contributed by atoms with Crippen molar-refractivity contribution in [2.24, 2.45) is 5.92 Å². The van der Waals surface area contributed by atoms with Crippen molar-refractivity contribution >= 4 is 34.5 Å². The van der Waals surface area contributed by atoms with Gasteiger partial charge >= 0.3 is 0 Å². The van der Waals surface area contributed by atoms with Crippen molar-refractivity contribution in [2.75, 3.05) is 26.2 Å². The number of nitrogens with zero attached hydrogens (tertiary/aromatic N) is 2. The van der Waals surface area contributed by atoms with Crippen molar-refractivity contribution in [1.29, 1.82) is 0 Å². The first-order chi connectivity index (χ1) is 15.7. The molecule has 5 nitrogen and oxygen atoms in total. The minimum atomic E-state index is -0.141. The number of carbonyl (C=O) groups excluding carboxylic acids is 2. The van der Waals surface area contributed by atoms with Crippen LogP contribution < -0.4 is 4.74 Å². The Morgan fingerprint density at radius 3 is 2.62 bits per heavy atom. The van der Waals surface area contributed by atoms with E-state index in [0.717, 1.165) is 25.0 Å². The molecule has 0 radical (unpaired) electrons. The molecule has 2 amide bonds. The van der Waals surface area contributed by atoms with Gasteiger partial charge in [-0.25, -0.2) is 0 Å². The van der Waals surface area contributed by atoms with Gasteiger partial charge in [-0.05, 0) is 65.8 Å². The molecule has 5 rings (SSSR count). The van der Waals surface area contributed by atoms with Crippen LogP contribution in [-0.4, -0.2) is 47.9 Å². The maximum absolute atomic E-state index is 13.5. The highest BCUT2D eigenvalue weighted by Crippen LogP contribution is 2.35. The van der Waals surface area contributed by atoms with Crippen molar-refractivity contribution in [1.82, 2.24) is 9.80 Å². The van der Waals surface area contributed by atoms with E-state index in [1.165, 1.54) is 21.8 Å². The summed E-state index contributed by atoms with van der Waals surface area (Å²) in [6.07, 6.45) is 3.12. The molecule has 0 saturated heterocycles. The zero-order valence-corrected chi connectivity index (χ0v) is 19.4. The second-order valence-electron chi connectivity index (χ2n) is 8.38. The molecule has 32 heavy (non-hydrogen) atoms. The first-order valence-electron chi connectivity index (χ1n) is 11.1. The normalized spacial score (nSPS) is 17.6. The highest BCUT2D eigenvalue weighted by Gasteiger charge is 2.35. The van der Waals surface area contributed by atoms with Gasteiger partial charge in [0.2, 0.25) is 5.91 Å². The van der Waals surface area contributed by atoms with E-state index in [9.17, 15) is 9.59 Å². The zero-order chi connectivity index (χ0) is 21.9. The summed E-state index contributed by atoms with van der Waals surface area (Å²) in [5.74, 6) is 1.28. The molecule has 1 atom stereocenters. The Morgan fingerprint density at radius 1 is 1.03 bits per heavy atom. The third-order valence-electron chi connectivity index (χ3n) is 6.09. The van der Waals surface area contributed by atoms with Gasteiger partial charge in [-0.1, -0.05) is 24.3 Å². The lowest BCUT2D eigenvalue weighted by molar-refractivity contribution is -0.135. The Morgan fingerprint density at radius 2 is 1.88 bits per heavy atom. The minimum Gasteiger partial charge on any atom is -0.491 e. The van der Waals surface area contributed by atoms with E-state index in [0.29, 0.717) is 30.5 Å². The maximum atomic E-state index is 13.5. The molecule has 2 aliphatic rings. The molecule has 7 heteroatoms. The van der Waals surface area contributed by atoms with Crippen LogP contribution in [0, 0.1) is 5.92 Å². The second kappa shape index (κ2) is 9.46. The number of amides is 2. The minimum absolute atomic E-state index is 0.00549. The molecule has 0 spiro atoms. The van der Waals surface area contributed by atoms with Gasteiger partial charge < -0.3 is 14.5 Å². The van der Waals surface area contributed by atoms with Gasteiger partial charge in [-0.2, -0.15) is 0 Å². The van der Waals surface area contributed by atoms with Crippen LogP contribution >= 0.6 is 22.7 Å². The Hall–Kier alpha value is -2.64. The molecular formula is C25H26N2O3S2. The summed E-state index contributed by atoms with van der Waals surface area (Å²) in [6, 6.07) is 15.4. The van der Waals surface area contributed by atoms with Crippen LogP contribution in [0.5, 0.6) is 5.75 Å². The molecule has 2 aromatic heterocycles.